The molecule has 1 aliphatic heterocycles. The Morgan fingerprint density at radius 1 is 1.43 bits per heavy atom. The fraction of sp³-hybridized carbons (Fsp3) is 0.500. The van der Waals surface area contributed by atoms with Crippen molar-refractivity contribution in [3.05, 3.63) is 23.3 Å². The molecule has 76 valence electrons. The van der Waals surface area contributed by atoms with Crippen molar-refractivity contribution in [3.63, 3.8) is 0 Å². The predicted octanol–water partition coefficient (Wildman–Crippen LogP) is 2.58. The molecule has 1 heterocycles. The number of hydrogen-bond acceptors (Lipinski definition) is 2. The highest BCUT2D eigenvalue weighted by Gasteiger charge is 2.17. The molecule has 0 radical (unpaired) electrons. The third-order valence-corrected chi connectivity index (χ3v) is 2.71. The molecule has 0 unspecified atom stereocenters. The van der Waals surface area contributed by atoms with Crippen LogP contribution >= 0.6 is 0 Å². The van der Waals surface area contributed by atoms with Gasteiger partial charge in [0.25, 0.3) is 0 Å². The highest BCUT2D eigenvalue weighted by molar-refractivity contribution is 5.51. The van der Waals surface area contributed by atoms with E-state index in [0.717, 1.165) is 37.4 Å². The van der Waals surface area contributed by atoms with Crippen molar-refractivity contribution >= 4 is 0 Å². The second-order valence-electron chi connectivity index (χ2n) is 3.54. The molecule has 1 aliphatic rings. The molecule has 0 saturated carbocycles. The van der Waals surface area contributed by atoms with Crippen molar-refractivity contribution in [1.82, 2.24) is 0 Å². The van der Waals surface area contributed by atoms with Crippen LogP contribution in [0.3, 0.4) is 0 Å². The summed E-state index contributed by atoms with van der Waals surface area (Å²) >= 11 is 0. The maximum atomic E-state index is 5.59. The van der Waals surface area contributed by atoms with Gasteiger partial charge in [-0.15, -0.1) is 0 Å². The first-order valence-corrected chi connectivity index (χ1v) is 5.18. The average Bonchev–Trinajstić information content (AvgIpc) is 2.27. The van der Waals surface area contributed by atoms with Crippen LogP contribution in [0.4, 0.5) is 0 Å². The van der Waals surface area contributed by atoms with E-state index < -0.39 is 0 Å². The zero-order chi connectivity index (χ0) is 9.97. The topological polar surface area (TPSA) is 18.5 Å². The van der Waals surface area contributed by atoms with E-state index >= 15 is 0 Å². The Balaban J connectivity index is 2.50. The molecule has 0 spiro atoms. The van der Waals surface area contributed by atoms with Gasteiger partial charge in [0, 0.05) is 5.56 Å². The number of methoxy groups -OCH3 is 1. The molecule has 0 bridgehead atoms. The van der Waals surface area contributed by atoms with Crippen LogP contribution in [0.15, 0.2) is 12.1 Å². The van der Waals surface area contributed by atoms with Crippen LogP contribution in [-0.4, -0.2) is 13.7 Å². The van der Waals surface area contributed by atoms with Gasteiger partial charge in [0.15, 0.2) is 0 Å². The van der Waals surface area contributed by atoms with Gasteiger partial charge in [-0.2, -0.15) is 0 Å². The van der Waals surface area contributed by atoms with E-state index in [-0.39, 0.29) is 0 Å². The van der Waals surface area contributed by atoms with Crippen LogP contribution in [0.1, 0.15) is 24.5 Å². The molecule has 0 saturated heterocycles. The largest absolute Gasteiger partial charge is 0.496 e. The molecule has 2 heteroatoms. The van der Waals surface area contributed by atoms with Crippen LogP contribution < -0.4 is 9.47 Å². The number of rotatable bonds is 2. The number of ether oxygens (including phenoxy) is 2. The number of aryl methyl sites for hydroxylation is 1. The lowest BCUT2D eigenvalue weighted by Gasteiger charge is -2.21. The average molecular weight is 192 g/mol. The number of fused-ring (bicyclic) bond motifs is 1. The summed E-state index contributed by atoms with van der Waals surface area (Å²) in [4.78, 5) is 0. The molecule has 1 aromatic rings. The summed E-state index contributed by atoms with van der Waals surface area (Å²) in [6, 6.07) is 4.17. The van der Waals surface area contributed by atoms with Crippen molar-refractivity contribution in [2.45, 2.75) is 26.2 Å². The van der Waals surface area contributed by atoms with E-state index in [0.29, 0.717) is 0 Å². The van der Waals surface area contributed by atoms with Gasteiger partial charge in [0.2, 0.25) is 0 Å². The highest BCUT2D eigenvalue weighted by atomic mass is 16.5. The summed E-state index contributed by atoms with van der Waals surface area (Å²) in [6.45, 7) is 2.98. The van der Waals surface area contributed by atoms with Crippen LogP contribution in [0, 0.1) is 0 Å². The predicted molar refractivity (Wildman–Crippen MR) is 56.2 cm³/mol. The third-order valence-electron chi connectivity index (χ3n) is 2.71. The Hall–Kier alpha value is -1.18. The second-order valence-corrected chi connectivity index (χ2v) is 3.54. The zero-order valence-corrected chi connectivity index (χ0v) is 8.80. The molecule has 0 atom stereocenters. The molecule has 0 aliphatic carbocycles. The van der Waals surface area contributed by atoms with Crippen molar-refractivity contribution in [2.24, 2.45) is 0 Å². The Morgan fingerprint density at radius 3 is 3.00 bits per heavy atom. The lowest BCUT2D eigenvalue weighted by molar-refractivity contribution is 0.282. The minimum Gasteiger partial charge on any atom is -0.496 e. The van der Waals surface area contributed by atoms with Crippen molar-refractivity contribution < 1.29 is 9.47 Å². The van der Waals surface area contributed by atoms with E-state index in [2.05, 4.69) is 19.1 Å². The van der Waals surface area contributed by atoms with Crippen molar-refractivity contribution in [1.29, 1.82) is 0 Å². The van der Waals surface area contributed by atoms with Crippen LogP contribution in [0.25, 0.3) is 0 Å². The maximum Gasteiger partial charge on any atom is 0.128 e. The van der Waals surface area contributed by atoms with Gasteiger partial charge in [-0.25, -0.2) is 0 Å². The molecule has 0 N–H and O–H groups in total. The third kappa shape index (κ3) is 1.45. The smallest absolute Gasteiger partial charge is 0.128 e. The summed E-state index contributed by atoms with van der Waals surface area (Å²) in [5.74, 6) is 2.04. The highest BCUT2D eigenvalue weighted by Crippen LogP contribution is 2.35. The first-order chi connectivity index (χ1) is 6.86. The summed E-state index contributed by atoms with van der Waals surface area (Å²) in [5, 5.41) is 0. The summed E-state index contributed by atoms with van der Waals surface area (Å²) in [6.07, 6.45) is 3.18. The van der Waals surface area contributed by atoms with Gasteiger partial charge in [0.1, 0.15) is 11.5 Å². The van der Waals surface area contributed by atoms with Crippen molar-refractivity contribution in [3.8, 4) is 11.5 Å². The van der Waals surface area contributed by atoms with Gasteiger partial charge in [-0.3, -0.25) is 0 Å². The SMILES string of the molecule is CCc1ccc2c(c1OC)CCCO2. The monoisotopic (exact) mass is 192 g/mol. The fourth-order valence-electron chi connectivity index (χ4n) is 1.99. The molecule has 0 fully saturated rings. The second kappa shape index (κ2) is 3.91. The quantitative estimate of drug-likeness (QED) is 0.717. The molecule has 2 rings (SSSR count). The molecule has 0 amide bonds. The molecule has 0 aromatic heterocycles. The zero-order valence-electron chi connectivity index (χ0n) is 8.80. The first-order valence-electron chi connectivity index (χ1n) is 5.18. The maximum absolute atomic E-state index is 5.59. The van der Waals surface area contributed by atoms with Crippen LogP contribution in [0.2, 0.25) is 0 Å². The molecule has 2 nitrogen and oxygen atoms in total. The summed E-state index contributed by atoms with van der Waals surface area (Å²) in [5.41, 5.74) is 2.52. The fourth-order valence-corrected chi connectivity index (χ4v) is 1.99. The van der Waals surface area contributed by atoms with Gasteiger partial charge >= 0.3 is 0 Å². The molecule has 14 heavy (non-hydrogen) atoms. The molecular formula is C12H16O2. The lowest BCUT2D eigenvalue weighted by atomic mass is 10.0. The van der Waals surface area contributed by atoms with Gasteiger partial charge in [-0.05, 0) is 30.9 Å². The molecular weight excluding hydrogens is 176 g/mol. The van der Waals surface area contributed by atoms with E-state index in [1.54, 1.807) is 7.11 Å². The van der Waals surface area contributed by atoms with E-state index in [1.807, 2.05) is 0 Å². The summed E-state index contributed by atoms with van der Waals surface area (Å²) < 4.78 is 11.0. The lowest BCUT2D eigenvalue weighted by Crippen LogP contribution is -2.10. The first kappa shape index (κ1) is 9.38. The Morgan fingerprint density at radius 2 is 2.29 bits per heavy atom. The minimum absolute atomic E-state index is 0.835. The minimum atomic E-state index is 0.835. The Labute approximate surface area is 84.8 Å². The van der Waals surface area contributed by atoms with Gasteiger partial charge in [0.05, 0.1) is 13.7 Å². The Kier molecular flexibility index (Phi) is 2.62. The standard InChI is InChI=1S/C12H16O2/c1-3-9-6-7-11-10(12(9)13-2)5-4-8-14-11/h6-7H,3-5,8H2,1-2H3. The normalized spacial score (nSPS) is 14.4. The molecule has 1 aromatic carbocycles. The van der Waals surface area contributed by atoms with E-state index in [4.69, 9.17) is 9.47 Å². The number of benzene rings is 1. The van der Waals surface area contributed by atoms with Gasteiger partial charge in [-0.1, -0.05) is 13.0 Å². The van der Waals surface area contributed by atoms with E-state index in [1.165, 1.54) is 11.1 Å². The Bertz CT molecular complexity index is 316. The number of hydrogen-bond donors (Lipinski definition) is 0. The van der Waals surface area contributed by atoms with Crippen molar-refractivity contribution in [2.75, 3.05) is 13.7 Å². The van der Waals surface area contributed by atoms with Crippen LogP contribution in [0.5, 0.6) is 11.5 Å². The van der Waals surface area contributed by atoms with E-state index in [9.17, 15) is 0 Å². The summed E-state index contributed by atoms with van der Waals surface area (Å²) in [7, 11) is 1.74. The van der Waals surface area contributed by atoms with Gasteiger partial charge < -0.3 is 9.47 Å². The van der Waals surface area contributed by atoms with Crippen LogP contribution in [-0.2, 0) is 12.8 Å².